The largest absolute Gasteiger partial charge is 0.289 e. The van der Waals surface area contributed by atoms with Crippen LogP contribution in [0.25, 0.3) is 11.3 Å². The highest BCUT2D eigenvalue weighted by Crippen LogP contribution is 2.29. The zero-order valence-corrected chi connectivity index (χ0v) is 15.3. The van der Waals surface area contributed by atoms with Crippen LogP contribution in [-0.4, -0.2) is 26.1 Å². The summed E-state index contributed by atoms with van der Waals surface area (Å²) in [6.45, 7) is 0. The van der Waals surface area contributed by atoms with E-state index in [9.17, 15) is 10.0 Å². The van der Waals surface area contributed by atoms with Gasteiger partial charge in [-0.05, 0) is 35.8 Å². The minimum Gasteiger partial charge on any atom is -0.289 e. The van der Waals surface area contributed by atoms with E-state index >= 15 is 0 Å². The van der Waals surface area contributed by atoms with Gasteiger partial charge in [0.1, 0.15) is 17.4 Å². The predicted octanol–water partition coefficient (Wildman–Crippen LogP) is 3.06. The van der Waals surface area contributed by atoms with Gasteiger partial charge in [-0.2, -0.15) is 11.3 Å². The van der Waals surface area contributed by atoms with Crippen molar-refractivity contribution < 1.29 is 10.0 Å². The number of thiophene rings is 1. The van der Waals surface area contributed by atoms with E-state index in [2.05, 4.69) is 22.2 Å². The summed E-state index contributed by atoms with van der Waals surface area (Å²) in [4.78, 5) is 12.4. The summed E-state index contributed by atoms with van der Waals surface area (Å²) in [5, 5.41) is 21.7. The molecule has 1 atom stereocenters. The van der Waals surface area contributed by atoms with E-state index < -0.39 is 11.9 Å². The SMILES string of the molecule is O=C(NO)[C@H](Cc1ccccc1)n1nnc(-c2ccsc2)c1C#CC1CC1. The highest BCUT2D eigenvalue weighted by Gasteiger charge is 2.27. The molecule has 7 heteroatoms. The number of nitrogens with zero attached hydrogens (tertiary/aromatic N) is 3. The van der Waals surface area contributed by atoms with Crippen LogP contribution in [0, 0.1) is 17.8 Å². The minimum absolute atomic E-state index is 0.373. The second kappa shape index (κ2) is 7.74. The molecule has 0 spiro atoms. The van der Waals surface area contributed by atoms with E-state index in [1.807, 2.05) is 47.2 Å². The zero-order chi connectivity index (χ0) is 18.6. The third kappa shape index (κ3) is 3.92. The molecule has 136 valence electrons. The molecule has 4 rings (SSSR count). The van der Waals surface area contributed by atoms with Crippen LogP contribution in [0.3, 0.4) is 0 Å². The Morgan fingerprint density at radius 3 is 2.81 bits per heavy atom. The van der Waals surface area contributed by atoms with Gasteiger partial charge in [-0.25, -0.2) is 10.2 Å². The molecule has 1 aliphatic rings. The van der Waals surface area contributed by atoms with Crippen LogP contribution in [-0.2, 0) is 11.2 Å². The second-order valence-corrected chi connectivity index (χ2v) is 7.25. The predicted molar refractivity (Wildman–Crippen MR) is 102 cm³/mol. The van der Waals surface area contributed by atoms with E-state index in [4.69, 9.17) is 0 Å². The van der Waals surface area contributed by atoms with Crippen molar-refractivity contribution in [3.63, 3.8) is 0 Å². The molecule has 2 N–H and O–H groups in total. The lowest BCUT2D eigenvalue weighted by Gasteiger charge is -2.16. The summed E-state index contributed by atoms with van der Waals surface area (Å²) in [7, 11) is 0. The topological polar surface area (TPSA) is 80.0 Å². The number of hydrogen-bond donors (Lipinski definition) is 2. The van der Waals surface area contributed by atoms with Crippen molar-refractivity contribution in [3.05, 3.63) is 58.4 Å². The number of carbonyl (C=O) groups excluding carboxylic acids is 1. The summed E-state index contributed by atoms with van der Waals surface area (Å²) in [5.74, 6) is 6.28. The number of benzene rings is 1. The smallest absolute Gasteiger partial charge is 0.268 e. The summed E-state index contributed by atoms with van der Waals surface area (Å²) >= 11 is 1.57. The minimum atomic E-state index is -0.749. The van der Waals surface area contributed by atoms with Gasteiger partial charge in [0.15, 0.2) is 0 Å². The first-order valence-corrected chi connectivity index (χ1v) is 9.67. The standard InChI is InChI=1S/C20H18N4O2S/c25-20(22-26)18(12-15-4-2-1-3-5-15)24-17(9-8-14-6-7-14)19(21-23-24)16-10-11-27-13-16/h1-5,10-11,13-14,18,26H,6-7,12H2,(H,22,25)/t18-/m0/s1. The van der Waals surface area contributed by atoms with E-state index in [0.717, 1.165) is 24.0 Å². The molecule has 0 saturated heterocycles. The normalized spacial score (nSPS) is 14.3. The highest BCUT2D eigenvalue weighted by atomic mass is 32.1. The monoisotopic (exact) mass is 378 g/mol. The van der Waals surface area contributed by atoms with Crippen LogP contribution in [0.5, 0.6) is 0 Å². The number of hydroxylamine groups is 1. The molecule has 1 fully saturated rings. The Kier molecular flexibility index (Phi) is 5.01. The lowest BCUT2D eigenvalue weighted by molar-refractivity contribution is -0.133. The van der Waals surface area contributed by atoms with Crippen molar-refractivity contribution in [2.24, 2.45) is 5.92 Å². The molecule has 0 aliphatic heterocycles. The lowest BCUT2D eigenvalue weighted by atomic mass is 10.0. The molecule has 3 aromatic rings. The number of nitrogens with one attached hydrogen (secondary N) is 1. The zero-order valence-electron chi connectivity index (χ0n) is 14.5. The van der Waals surface area contributed by atoms with Gasteiger partial charge in [0.05, 0.1) is 0 Å². The maximum Gasteiger partial charge on any atom is 0.268 e. The number of carbonyl (C=O) groups is 1. The van der Waals surface area contributed by atoms with Crippen molar-refractivity contribution >= 4 is 17.2 Å². The molecule has 27 heavy (non-hydrogen) atoms. The Labute approximate surface area is 160 Å². The number of hydrogen-bond acceptors (Lipinski definition) is 5. The molecule has 0 radical (unpaired) electrons. The molecule has 0 bridgehead atoms. The number of rotatable bonds is 5. The van der Waals surface area contributed by atoms with Crippen molar-refractivity contribution in [2.75, 3.05) is 0 Å². The fourth-order valence-corrected chi connectivity index (χ4v) is 3.46. The Bertz CT molecular complexity index is 982. The Morgan fingerprint density at radius 1 is 1.33 bits per heavy atom. The first-order chi connectivity index (χ1) is 13.3. The molecular weight excluding hydrogens is 360 g/mol. The van der Waals surface area contributed by atoms with Gasteiger partial charge in [0, 0.05) is 23.3 Å². The van der Waals surface area contributed by atoms with Gasteiger partial charge in [0.25, 0.3) is 5.91 Å². The maximum atomic E-state index is 12.4. The summed E-state index contributed by atoms with van der Waals surface area (Å²) in [6, 6.07) is 10.8. The van der Waals surface area contributed by atoms with Crippen LogP contribution in [0.15, 0.2) is 47.2 Å². The van der Waals surface area contributed by atoms with E-state index in [1.165, 1.54) is 4.68 Å². The summed E-state index contributed by atoms with van der Waals surface area (Å²) in [6.07, 6.45) is 2.58. The fourth-order valence-electron chi connectivity index (χ4n) is 2.82. The van der Waals surface area contributed by atoms with Gasteiger partial charge in [-0.3, -0.25) is 10.0 Å². The first kappa shape index (κ1) is 17.5. The highest BCUT2D eigenvalue weighted by molar-refractivity contribution is 7.08. The first-order valence-electron chi connectivity index (χ1n) is 8.73. The number of amides is 1. The van der Waals surface area contributed by atoms with Crippen LogP contribution >= 0.6 is 11.3 Å². The molecule has 1 aromatic carbocycles. The molecule has 0 unspecified atom stereocenters. The molecule has 6 nitrogen and oxygen atoms in total. The van der Waals surface area contributed by atoms with Gasteiger partial charge in [-0.1, -0.05) is 41.5 Å². The summed E-state index contributed by atoms with van der Waals surface area (Å²) < 4.78 is 1.53. The van der Waals surface area contributed by atoms with Crippen LogP contribution in [0.1, 0.15) is 30.1 Å². The molecule has 2 aromatic heterocycles. The van der Waals surface area contributed by atoms with Gasteiger partial charge < -0.3 is 0 Å². The van der Waals surface area contributed by atoms with Gasteiger partial charge in [-0.15, -0.1) is 5.10 Å². The van der Waals surface area contributed by atoms with Crippen molar-refractivity contribution in [1.29, 1.82) is 0 Å². The summed E-state index contributed by atoms with van der Waals surface area (Å²) in [5.41, 5.74) is 4.90. The van der Waals surface area contributed by atoms with Crippen LogP contribution in [0.2, 0.25) is 0 Å². The average Bonchev–Trinajstić information content (AvgIpc) is 3.20. The Morgan fingerprint density at radius 2 is 2.15 bits per heavy atom. The Hall–Kier alpha value is -2.95. The quantitative estimate of drug-likeness (QED) is 0.406. The molecule has 2 heterocycles. The van der Waals surface area contributed by atoms with E-state index in [1.54, 1.807) is 16.8 Å². The third-order valence-corrected chi connectivity index (χ3v) is 5.12. The van der Waals surface area contributed by atoms with Crippen molar-refractivity contribution in [3.8, 4) is 23.1 Å². The van der Waals surface area contributed by atoms with Gasteiger partial charge in [0.2, 0.25) is 0 Å². The maximum absolute atomic E-state index is 12.4. The second-order valence-electron chi connectivity index (χ2n) is 6.47. The molecular formula is C20H18N4O2S. The number of aromatic nitrogens is 3. The van der Waals surface area contributed by atoms with E-state index in [0.29, 0.717) is 23.7 Å². The van der Waals surface area contributed by atoms with Gasteiger partial charge >= 0.3 is 0 Å². The Balaban J connectivity index is 1.77. The molecule has 1 amide bonds. The van der Waals surface area contributed by atoms with Crippen molar-refractivity contribution in [2.45, 2.75) is 25.3 Å². The third-order valence-electron chi connectivity index (χ3n) is 4.44. The average molecular weight is 378 g/mol. The van der Waals surface area contributed by atoms with Crippen LogP contribution < -0.4 is 5.48 Å². The van der Waals surface area contributed by atoms with Crippen molar-refractivity contribution in [1.82, 2.24) is 20.5 Å². The fraction of sp³-hybridized carbons (Fsp3) is 0.250. The lowest BCUT2D eigenvalue weighted by Crippen LogP contribution is -2.33. The van der Waals surface area contributed by atoms with E-state index in [-0.39, 0.29) is 0 Å². The molecule has 1 aliphatic carbocycles. The molecule has 1 saturated carbocycles. The van der Waals surface area contributed by atoms with Crippen LogP contribution in [0.4, 0.5) is 0 Å².